The minimum Gasteiger partial charge on any atom is -0.356 e. The fourth-order valence-electron chi connectivity index (χ4n) is 4.11. The average Bonchev–Trinajstić information content (AvgIpc) is 2.67. The fourth-order valence-corrected chi connectivity index (χ4v) is 4.11. The minimum absolute atomic E-state index is 0.0175. The van der Waals surface area contributed by atoms with E-state index in [1.807, 2.05) is 12.3 Å². The van der Waals surface area contributed by atoms with E-state index in [4.69, 9.17) is 0 Å². The smallest absolute Gasteiger partial charge is 0.237 e. The summed E-state index contributed by atoms with van der Waals surface area (Å²) in [5.74, 6) is 1.22. The highest BCUT2D eigenvalue weighted by molar-refractivity contribution is 5.82. The van der Waals surface area contributed by atoms with Crippen LogP contribution >= 0.6 is 0 Å². The second-order valence-electron chi connectivity index (χ2n) is 7.59. The van der Waals surface area contributed by atoms with Gasteiger partial charge < -0.3 is 10.2 Å². The maximum absolute atomic E-state index is 12.8. The summed E-state index contributed by atoms with van der Waals surface area (Å²) in [4.78, 5) is 22.1. The first kappa shape index (κ1) is 18.2. The molecule has 2 aliphatic heterocycles. The van der Waals surface area contributed by atoms with Gasteiger partial charge in [-0.25, -0.2) is 4.98 Å². The largest absolute Gasteiger partial charge is 0.356 e. The SMILES string of the molecule is CC(C)N1CCCCC1C(=O)NCc1cccnc1N1CCCCC1. The van der Waals surface area contributed by atoms with Crippen LogP contribution in [-0.2, 0) is 11.3 Å². The van der Waals surface area contributed by atoms with Gasteiger partial charge in [0.05, 0.1) is 6.04 Å². The minimum atomic E-state index is 0.0175. The van der Waals surface area contributed by atoms with Gasteiger partial charge in [-0.1, -0.05) is 12.5 Å². The highest BCUT2D eigenvalue weighted by atomic mass is 16.2. The molecule has 0 bridgehead atoms. The molecular formula is C20H32N4O. The molecule has 138 valence electrons. The van der Waals surface area contributed by atoms with E-state index in [1.54, 1.807) is 0 Å². The standard InChI is InChI=1S/C20H32N4O/c1-16(2)24-14-7-4-10-18(24)20(25)22-15-17-9-8-11-21-19(17)23-12-5-3-6-13-23/h8-9,11,16,18H,3-7,10,12-15H2,1-2H3,(H,22,25). The molecule has 1 amide bonds. The van der Waals surface area contributed by atoms with Crippen LogP contribution in [0.4, 0.5) is 5.82 Å². The number of amides is 1. The number of nitrogens with zero attached hydrogens (tertiary/aromatic N) is 3. The number of hydrogen-bond acceptors (Lipinski definition) is 4. The Hall–Kier alpha value is -1.62. The Kier molecular flexibility index (Phi) is 6.29. The molecule has 2 fully saturated rings. The first-order valence-corrected chi connectivity index (χ1v) is 9.89. The number of carbonyl (C=O) groups is 1. The maximum atomic E-state index is 12.8. The molecule has 0 saturated carbocycles. The third-order valence-corrected chi connectivity index (χ3v) is 5.49. The number of aromatic nitrogens is 1. The van der Waals surface area contributed by atoms with Crippen molar-refractivity contribution in [2.45, 2.75) is 71.0 Å². The molecule has 25 heavy (non-hydrogen) atoms. The molecule has 1 aromatic rings. The van der Waals surface area contributed by atoms with Crippen LogP contribution in [0.25, 0.3) is 0 Å². The first-order valence-electron chi connectivity index (χ1n) is 9.89. The van der Waals surface area contributed by atoms with Crippen molar-refractivity contribution in [3.8, 4) is 0 Å². The normalized spacial score (nSPS) is 22.2. The van der Waals surface area contributed by atoms with Crippen molar-refractivity contribution in [2.75, 3.05) is 24.5 Å². The molecule has 1 unspecified atom stereocenters. The quantitative estimate of drug-likeness (QED) is 0.892. The van der Waals surface area contributed by atoms with Crippen molar-refractivity contribution in [3.05, 3.63) is 23.9 Å². The number of rotatable bonds is 5. The second-order valence-corrected chi connectivity index (χ2v) is 7.59. The van der Waals surface area contributed by atoms with Crippen molar-refractivity contribution >= 4 is 11.7 Å². The molecule has 0 aromatic carbocycles. The average molecular weight is 345 g/mol. The summed E-state index contributed by atoms with van der Waals surface area (Å²) in [7, 11) is 0. The number of likely N-dealkylation sites (tertiary alicyclic amines) is 1. The zero-order valence-corrected chi connectivity index (χ0v) is 15.7. The Balaban J connectivity index is 1.64. The predicted octanol–water partition coefficient (Wildman–Crippen LogP) is 2.95. The number of nitrogens with one attached hydrogen (secondary N) is 1. The molecule has 1 aromatic heterocycles. The molecule has 0 spiro atoms. The number of carbonyl (C=O) groups excluding carboxylic acids is 1. The number of hydrogen-bond donors (Lipinski definition) is 1. The van der Waals surface area contributed by atoms with E-state index in [9.17, 15) is 4.79 Å². The van der Waals surface area contributed by atoms with Gasteiger partial charge in [-0.3, -0.25) is 9.69 Å². The number of pyridine rings is 1. The van der Waals surface area contributed by atoms with Crippen LogP contribution in [0.3, 0.4) is 0 Å². The third-order valence-electron chi connectivity index (χ3n) is 5.49. The summed E-state index contributed by atoms with van der Waals surface area (Å²) in [6.45, 7) is 8.11. The highest BCUT2D eigenvalue weighted by Crippen LogP contribution is 2.23. The molecular weight excluding hydrogens is 312 g/mol. The summed E-state index contributed by atoms with van der Waals surface area (Å²) in [5, 5.41) is 3.19. The van der Waals surface area contributed by atoms with Gasteiger partial charge in [-0.05, 0) is 58.6 Å². The maximum Gasteiger partial charge on any atom is 0.237 e. The zero-order valence-electron chi connectivity index (χ0n) is 15.7. The monoisotopic (exact) mass is 344 g/mol. The Morgan fingerprint density at radius 2 is 1.96 bits per heavy atom. The third kappa shape index (κ3) is 4.51. The van der Waals surface area contributed by atoms with Gasteiger partial charge in [0.2, 0.25) is 5.91 Å². The lowest BCUT2D eigenvalue weighted by molar-refractivity contribution is -0.128. The van der Waals surface area contributed by atoms with E-state index >= 15 is 0 Å². The van der Waals surface area contributed by atoms with Crippen LogP contribution in [0.2, 0.25) is 0 Å². The molecule has 0 aliphatic carbocycles. The van der Waals surface area contributed by atoms with Crippen LogP contribution in [0.1, 0.15) is 57.9 Å². The Labute approximate surface area is 151 Å². The summed E-state index contributed by atoms with van der Waals surface area (Å²) in [5.41, 5.74) is 1.13. The van der Waals surface area contributed by atoms with Gasteiger partial charge in [0, 0.05) is 37.4 Å². The van der Waals surface area contributed by atoms with Crippen molar-refractivity contribution < 1.29 is 4.79 Å². The Morgan fingerprint density at radius 3 is 2.72 bits per heavy atom. The number of piperidine rings is 2. The fraction of sp³-hybridized carbons (Fsp3) is 0.700. The number of anilines is 1. The summed E-state index contributed by atoms with van der Waals surface area (Å²) in [6, 6.07) is 4.50. The molecule has 5 nitrogen and oxygen atoms in total. The zero-order chi connectivity index (χ0) is 17.6. The predicted molar refractivity (Wildman–Crippen MR) is 102 cm³/mol. The van der Waals surface area contributed by atoms with Crippen molar-refractivity contribution in [1.29, 1.82) is 0 Å². The first-order chi connectivity index (χ1) is 12.2. The molecule has 1 atom stereocenters. The van der Waals surface area contributed by atoms with E-state index in [0.717, 1.165) is 43.9 Å². The molecule has 2 saturated heterocycles. The van der Waals surface area contributed by atoms with Gasteiger partial charge in [-0.15, -0.1) is 0 Å². The van der Waals surface area contributed by atoms with Gasteiger partial charge in [0.1, 0.15) is 5.82 Å². The lowest BCUT2D eigenvalue weighted by atomic mass is 9.99. The summed E-state index contributed by atoms with van der Waals surface area (Å²) >= 11 is 0. The van der Waals surface area contributed by atoms with Crippen LogP contribution in [-0.4, -0.2) is 47.5 Å². The summed E-state index contributed by atoms with van der Waals surface area (Å²) in [6.07, 6.45) is 8.94. The topological polar surface area (TPSA) is 48.5 Å². The van der Waals surface area contributed by atoms with Gasteiger partial charge in [-0.2, -0.15) is 0 Å². The van der Waals surface area contributed by atoms with Crippen LogP contribution in [0.5, 0.6) is 0 Å². The van der Waals surface area contributed by atoms with E-state index in [2.05, 4.69) is 40.0 Å². The molecule has 0 radical (unpaired) electrons. The van der Waals surface area contributed by atoms with Crippen molar-refractivity contribution in [3.63, 3.8) is 0 Å². The van der Waals surface area contributed by atoms with Crippen molar-refractivity contribution in [1.82, 2.24) is 15.2 Å². The van der Waals surface area contributed by atoms with Crippen LogP contribution in [0, 0.1) is 0 Å². The van der Waals surface area contributed by atoms with Gasteiger partial charge >= 0.3 is 0 Å². The van der Waals surface area contributed by atoms with Gasteiger partial charge in [0.25, 0.3) is 0 Å². The van der Waals surface area contributed by atoms with E-state index in [-0.39, 0.29) is 11.9 Å². The Bertz CT molecular complexity index is 569. The highest BCUT2D eigenvalue weighted by Gasteiger charge is 2.30. The van der Waals surface area contributed by atoms with Crippen LogP contribution in [0.15, 0.2) is 18.3 Å². The van der Waals surface area contributed by atoms with E-state index in [0.29, 0.717) is 12.6 Å². The lowest BCUT2D eigenvalue weighted by Crippen LogP contribution is -2.51. The van der Waals surface area contributed by atoms with E-state index < -0.39 is 0 Å². The van der Waals surface area contributed by atoms with Gasteiger partial charge in [0.15, 0.2) is 0 Å². The lowest BCUT2D eigenvalue weighted by Gasteiger charge is -2.37. The van der Waals surface area contributed by atoms with E-state index in [1.165, 1.54) is 25.7 Å². The molecule has 3 rings (SSSR count). The molecule has 5 heteroatoms. The summed E-state index contributed by atoms with van der Waals surface area (Å²) < 4.78 is 0. The molecule has 1 N–H and O–H groups in total. The second kappa shape index (κ2) is 8.65. The van der Waals surface area contributed by atoms with Crippen LogP contribution < -0.4 is 10.2 Å². The Morgan fingerprint density at radius 1 is 1.20 bits per heavy atom. The van der Waals surface area contributed by atoms with Crippen molar-refractivity contribution in [2.24, 2.45) is 0 Å². The molecule has 2 aliphatic rings. The molecule has 3 heterocycles.